The van der Waals surface area contributed by atoms with Crippen molar-refractivity contribution in [2.75, 3.05) is 0 Å². The minimum absolute atomic E-state index is 0.921. The normalized spacial score (nSPS) is 11.8. The van der Waals surface area contributed by atoms with Gasteiger partial charge in [0.25, 0.3) is 0 Å². The van der Waals surface area contributed by atoms with Gasteiger partial charge in [-0.25, -0.2) is 0 Å². The summed E-state index contributed by atoms with van der Waals surface area (Å²) in [6, 6.07) is 41.9. The molecule has 0 aliphatic rings. The highest BCUT2D eigenvalue weighted by atomic mass is 32.1. The van der Waals surface area contributed by atoms with Crippen LogP contribution < -0.4 is 0 Å². The van der Waals surface area contributed by atoms with Gasteiger partial charge in [-0.2, -0.15) is 0 Å². The van der Waals surface area contributed by atoms with Crippen molar-refractivity contribution in [3.8, 4) is 5.69 Å². The van der Waals surface area contributed by atoms with E-state index in [-0.39, 0.29) is 0 Å². The maximum absolute atomic E-state index is 2.40. The first-order valence-electron chi connectivity index (χ1n) is 11.3. The molecule has 0 aliphatic carbocycles. The maximum atomic E-state index is 2.40. The molecule has 156 valence electrons. The second kappa shape index (κ2) is 7.33. The minimum atomic E-state index is 0.921. The number of fused-ring (bicyclic) bond motifs is 6. The first-order chi connectivity index (χ1) is 16.4. The minimum Gasteiger partial charge on any atom is -0.309 e. The number of thiophene rings is 1. The molecule has 0 spiro atoms. The van der Waals surface area contributed by atoms with E-state index in [4.69, 9.17) is 0 Å². The van der Waals surface area contributed by atoms with Gasteiger partial charge in [0.2, 0.25) is 0 Å². The van der Waals surface area contributed by atoms with Crippen LogP contribution in [-0.2, 0) is 6.42 Å². The zero-order valence-electron chi connectivity index (χ0n) is 18.0. The summed E-state index contributed by atoms with van der Waals surface area (Å²) in [5.74, 6) is 0. The smallest absolute Gasteiger partial charge is 0.0543 e. The molecule has 0 amide bonds. The molecule has 2 aromatic heterocycles. The molecule has 0 bridgehead atoms. The Bertz CT molecular complexity index is 1790. The quantitative estimate of drug-likeness (QED) is 0.259. The van der Waals surface area contributed by atoms with Crippen molar-refractivity contribution < 1.29 is 0 Å². The monoisotopic (exact) mass is 439 g/mol. The highest BCUT2D eigenvalue weighted by Crippen LogP contribution is 2.37. The molecule has 0 aliphatic heterocycles. The van der Waals surface area contributed by atoms with Gasteiger partial charge >= 0.3 is 0 Å². The van der Waals surface area contributed by atoms with Crippen LogP contribution >= 0.6 is 11.3 Å². The molecule has 5 aromatic carbocycles. The maximum Gasteiger partial charge on any atom is 0.0543 e. The Morgan fingerprint density at radius 3 is 2.18 bits per heavy atom. The van der Waals surface area contributed by atoms with Crippen LogP contribution in [0, 0.1) is 0 Å². The molecule has 0 saturated carbocycles. The van der Waals surface area contributed by atoms with E-state index in [1.807, 2.05) is 11.3 Å². The first kappa shape index (κ1) is 18.7. The fourth-order valence-electron chi connectivity index (χ4n) is 5.20. The van der Waals surface area contributed by atoms with E-state index in [1.54, 1.807) is 0 Å². The van der Waals surface area contributed by atoms with Gasteiger partial charge in [0.05, 0.1) is 11.0 Å². The average Bonchev–Trinajstić information content (AvgIpc) is 3.40. The number of hydrogen-bond acceptors (Lipinski definition) is 1. The summed E-state index contributed by atoms with van der Waals surface area (Å²) in [5.41, 5.74) is 6.45. The Hall–Kier alpha value is -3.88. The van der Waals surface area contributed by atoms with Crippen molar-refractivity contribution in [3.05, 3.63) is 126 Å². The number of para-hydroxylation sites is 2. The molecule has 2 heterocycles. The number of rotatable bonds is 3. The molecule has 33 heavy (non-hydrogen) atoms. The van der Waals surface area contributed by atoms with Gasteiger partial charge in [-0.3, -0.25) is 0 Å². The van der Waals surface area contributed by atoms with Gasteiger partial charge in [-0.05, 0) is 53.9 Å². The van der Waals surface area contributed by atoms with E-state index in [9.17, 15) is 0 Å². The molecular formula is C31H21NS. The zero-order valence-corrected chi connectivity index (χ0v) is 18.8. The van der Waals surface area contributed by atoms with Crippen LogP contribution in [0.2, 0.25) is 0 Å². The molecule has 0 saturated heterocycles. The summed E-state index contributed by atoms with van der Waals surface area (Å²) in [4.78, 5) is 0. The Morgan fingerprint density at radius 1 is 0.545 bits per heavy atom. The largest absolute Gasteiger partial charge is 0.309 e. The molecule has 7 rings (SSSR count). The van der Waals surface area contributed by atoms with Gasteiger partial charge in [-0.15, -0.1) is 11.3 Å². The van der Waals surface area contributed by atoms with Crippen molar-refractivity contribution in [1.82, 2.24) is 4.57 Å². The van der Waals surface area contributed by atoms with E-state index in [1.165, 1.54) is 58.8 Å². The molecule has 7 aromatic rings. The second-order valence-corrected chi connectivity index (χ2v) is 9.69. The summed E-state index contributed by atoms with van der Waals surface area (Å²) in [6.45, 7) is 0. The third-order valence-corrected chi connectivity index (χ3v) is 7.77. The van der Waals surface area contributed by atoms with Crippen LogP contribution in [0.4, 0.5) is 0 Å². The predicted octanol–water partition coefficient (Wildman–Crippen LogP) is 8.74. The van der Waals surface area contributed by atoms with Crippen LogP contribution in [0.1, 0.15) is 11.1 Å². The third-order valence-electron chi connectivity index (χ3n) is 6.64. The summed E-state index contributed by atoms with van der Waals surface area (Å²) in [5, 5.41) is 5.38. The fraction of sp³-hybridized carbons (Fsp3) is 0.0323. The Balaban J connectivity index is 1.44. The van der Waals surface area contributed by atoms with E-state index in [0.29, 0.717) is 0 Å². The molecule has 0 N–H and O–H groups in total. The van der Waals surface area contributed by atoms with Crippen molar-refractivity contribution >= 4 is 53.3 Å². The van der Waals surface area contributed by atoms with Gasteiger partial charge in [0, 0.05) is 36.6 Å². The van der Waals surface area contributed by atoms with Crippen molar-refractivity contribution in [1.29, 1.82) is 0 Å². The van der Waals surface area contributed by atoms with E-state index < -0.39 is 0 Å². The zero-order chi connectivity index (χ0) is 21.8. The molecule has 0 fully saturated rings. The third kappa shape index (κ3) is 2.92. The van der Waals surface area contributed by atoms with Crippen molar-refractivity contribution in [2.45, 2.75) is 6.42 Å². The number of nitrogens with zero attached hydrogens (tertiary/aromatic N) is 1. The highest BCUT2D eigenvalue weighted by molar-refractivity contribution is 7.25. The summed E-state index contributed by atoms with van der Waals surface area (Å²) in [7, 11) is 0. The number of benzene rings is 5. The lowest BCUT2D eigenvalue weighted by Crippen LogP contribution is -1.94. The van der Waals surface area contributed by atoms with Crippen LogP contribution in [0.3, 0.4) is 0 Å². The van der Waals surface area contributed by atoms with Crippen LogP contribution in [0.15, 0.2) is 115 Å². The Labute approximate surface area is 196 Å². The molecular weight excluding hydrogens is 418 g/mol. The molecule has 1 nitrogen and oxygen atoms in total. The van der Waals surface area contributed by atoms with E-state index in [2.05, 4.69) is 120 Å². The van der Waals surface area contributed by atoms with Crippen LogP contribution in [0.5, 0.6) is 0 Å². The molecule has 2 heteroatoms. The number of hydrogen-bond donors (Lipinski definition) is 0. The summed E-state index contributed by atoms with van der Waals surface area (Å²) >= 11 is 1.89. The van der Waals surface area contributed by atoms with Gasteiger partial charge in [0.15, 0.2) is 0 Å². The molecule has 0 unspecified atom stereocenters. The first-order valence-corrected chi connectivity index (χ1v) is 12.2. The summed E-state index contributed by atoms with van der Waals surface area (Å²) in [6.07, 6.45) is 0.921. The Morgan fingerprint density at radius 2 is 1.27 bits per heavy atom. The molecule has 0 atom stereocenters. The lowest BCUT2D eigenvalue weighted by atomic mass is 9.98. The van der Waals surface area contributed by atoms with Gasteiger partial charge in [-0.1, -0.05) is 78.9 Å². The van der Waals surface area contributed by atoms with Crippen molar-refractivity contribution in [3.63, 3.8) is 0 Å². The molecule has 0 radical (unpaired) electrons. The van der Waals surface area contributed by atoms with Gasteiger partial charge < -0.3 is 4.57 Å². The summed E-state index contributed by atoms with van der Waals surface area (Å²) < 4.78 is 5.13. The van der Waals surface area contributed by atoms with Gasteiger partial charge in [0.1, 0.15) is 0 Å². The van der Waals surface area contributed by atoms with Crippen molar-refractivity contribution in [2.24, 2.45) is 0 Å². The highest BCUT2D eigenvalue weighted by Gasteiger charge is 2.14. The lowest BCUT2D eigenvalue weighted by molar-refractivity contribution is 1.16. The van der Waals surface area contributed by atoms with Crippen LogP contribution in [0.25, 0.3) is 47.7 Å². The van der Waals surface area contributed by atoms with E-state index in [0.717, 1.165) is 6.42 Å². The predicted molar refractivity (Wildman–Crippen MR) is 143 cm³/mol. The Kier molecular flexibility index (Phi) is 4.15. The average molecular weight is 440 g/mol. The SMILES string of the molecule is c1ccc(-n2c3ccccc3c3ccc(Cc4cccc5sc6ccccc6c45)cc32)cc1. The fourth-order valence-corrected chi connectivity index (χ4v) is 6.35. The standard InChI is InChI=1S/C31H21NS/c1-2-10-23(11-3-1)32-27-14-6-4-12-24(27)25-18-17-21(20-28(25)32)19-22-9-8-16-30-31(22)26-13-5-7-15-29(26)33-30/h1-18,20H,19H2. The number of aromatic nitrogens is 1. The topological polar surface area (TPSA) is 4.93 Å². The van der Waals surface area contributed by atoms with E-state index >= 15 is 0 Å². The second-order valence-electron chi connectivity index (χ2n) is 8.60. The van der Waals surface area contributed by atoms with Crippen LogP contribution in [-0.4, -0.2) is 4.57 Å². The lowest BCUT2D eigenvalue weighted by Gasteiger charge is -2.09.